The minimum Gasteiger partial charge on any atom is -0.400 e. The van der Waals surface area contributed by atoms with E-state index in [0.717, 1.165) is 0 Å². The van der Waals surface area contributed by atoms with Crippen molar-refractivity contribution in [3.63, 3.8) is 0 Å². The summed E-state index contributed by atoms with van der Waals surface area (Å²) < 4.78 is 5.58. The third-order valence-electron chi connectivity index (χ3n) is 2.62. The standard InChI is InChI=1S/C11H23BN2O/c1-10(2,3)13-8-9-14(11(4,5)6)12(13)15-7/h8-9H,1-7H3. The maximum absolute atomic E-state index is 5.58. The molecule has 4 heteroatoms. The second-order valence-corrected chi connectivity index (χ2v) is 6.02. The zero-order valence-electron chi connectivity index (χ0n) is 11.0. The van der Waals surface area contributed by atoms with Gasteiger partial charge < -0.3 is 14.3 Å². The van der Waals surface area contributed by atoms with Gasteiger partial charge in [0, 0.05) is 30.6 Å². The lowest BCUT2D eigenvalue weighted by atomic mass is 9.85. The molecule has 1 aliphatic heterocycles. The zero-order valence-corrected chi connectivity index (χ0v) is 11.0. The summed E-state index contributed by atoms with van der Waals surface area (Å²) in [4.78, 5) is 4.47. The van der Waals surface area contributed by atoms with E-state index in [4.69, 9.17) is 4.65 Å². The Morgan fingerprint density at radius 1 is 0.867 bits per heavy atom. The molecule has 0 saturated heterocycles. The van der Waals surface area contributed by atoms with Gasteiger partial charge in [-0.1, -0.05) is 0 Å². The van der Waals surface area contributed by atoms with Gasteiger partial charge in [0.1, 0.15) is 0 Å². The van der Waals surface area contributed by atoms with E-state index in [0.29, 0.717) is 0 Å². The molecule has 15 heavy (non-hydrogen) atoms. The quantitative estimate of drug-likeness (QED) is 0.617. The lowest BCUT2D eigenvalue weighted by Gasteiger charge is -2.41. The van der Waals surface area contributed by atoms with E-state index < -0.39 is 0 Å². The van der Waals surface area contributed by atoms with Gasteiger partial charge in [0.25, 0.3) is 0 Å². The molecule has 1 rings (SSSR count). The molecule has 1 heterocycles. The van der Waals surface area contributed by atoms with Gasteiger partial charge in [-0.3, -0.25) is 0 Å². The SMILES string of the molecule is COB1N(C(C)(C)C)C=CN1C(C)(C)C. The van der Waals surface area contributed by atoms with Crippen molar-refractivity contribution >= 4 is 7.19 Å². The Bertz CT molecular complexity index is 228. The van der Waals surface area contributed by atoms with Crippen LogP contribution >= 0.6 is 0 Å². The summed E-state index contributed by atoms with van der Waals surface area (Å²) >= 11 is 0. The van der Waals surface area contributed by atoms with E-state index in [1.165, 1.54) is 0 Å². The normalized spacial score (nSPS) is 17.9. The Labute approximate surface area is 94.2 Å². The van der Waals surface area contributed by atoms with Gasteiger partial charge in [-0.2, -0.15) is 0 Å². The summed E-state index contributed by atoms with van der Waals surface area (Å²) in [6.07, 6.45) is 4.22. The summed E-state index contributed by atoms with van der Waals surface area (Å²) in [5.41, 5.74) is 0.161. The predicted molar refractivity (Wildman–Crippen MR) is 65.1 cm³/mol. The van der Waals surface area contributed by atoms with Crippen LogP contribution in [0.3, 0.4) is 0 Å². The average molecular weight is 210 g/mol. The highest BCUT2D eigenvalue weighted by atomic mass is 16.4. The van der Waals surface area contributed by atoms with Crippen molar-refractivity contribution in [1.29, 1.82) is 0 Å². The Kier molecular flexibility index (Phi) is 3.10. The summed E-state index contributed by atoms with van der Waals surface area (Å²) in [6.45, 7) is 13.1. The molecule has 0 aromatic rings. The van der Waals surface area contributed by atoms with Crippen molar-refractivity contribution in [3.05, 3.63) is 12.4 Å². The first kappa shape index (κ1) is 12.4. The summed E-state index contributed by atoms with van der Waals surface area (Å²) in [5.74, 6) is 0. The smallest absolute Gasteiger partial charge is 0.400 e. The van der Waals surface area contributed by atoms with E-state index in [9.17, 15) is 0 Å². The topological polar surface area (TPSA) is 15.7 Å². The molecule has 86 valence electrons. The number of hydrogen-bond donors (Lipinski definition) is 0. The fourth-order valence-corrected chi connectivity index (χ4v) is 1.76. The molecule has 0 aromatic heterocycles. The number of rotatable bonds is 1. The summed E-state index contributed by atoms with van der Waals surface area (Å²) in [5, 5.41) is 0. The van der Waals surface area contributed by atoms with Crippen LogP contribution in [0, 0.1) is 0 Å². The van der Waals surface area contributed by atoms with Gasteiger partial charge in [0.2, 0.25) is 0 Å². The second kappa shape index (κ2) is 3.74. The maximum Gasteiger partial charge on any atom is 0.548 e. The molecule has 0 radical (unpaired) electrons. The van der Waals surface area contributed by atoms with Gasteiger partial charge in [-0.25, -0.2) is 0 Å². The third-order valence-corrected chi connectivity index (χ3v) is 2.62. The Balaban J connectivity index is 2.89. The van der Waals surface area contributed by atoms with E-state index in [2.05, 4.69) is 63.6 Å². The van der Waals surface area contributed by atoms with Gasteiger partial charge in [0.05, 0.1) is 0 Å². The summed E-state index contributed by atoms with van der Waals surface area (Å²) in [6, 6.07) is 0. The highest BCUT2D eigenvalue weighted by Crippen LogP contribution is 2.28. The lowest BCUT2D eigenvalue weighted by molar-refractivity contribution is 0.205. The first-order chi connectivity index (χ1) is 6.68. The molecule has 3 nitrogen and oxygen atoms in total. The van der Waals surface area contributed by atoms with Gasteiger partial charge >= 0.3 is 7.19 Å². The van der Waals surface area contributed by atoms with Crippen LogP contribution in [-0.2, 0) is 4.65 Å². The highest BCUT2D eigenvalue weighted by Gasteiger charge is 2.43. The molecule has 0 amide bonds. The molecule has 1 aliphatic rings. The van der Waals surface area contributed by atoms with Crippen LogP contribution < -0.4 is 0 Å². The van der Waals surface area contributed by atoms with E-state index in [-0.39, 0.29) is 18.3 Å². The molecule has 0 spiro atoms. The Morgan fingerprint density at radius 2 is 1.20 bits per heavy atom. The second-order valence-electron chi connectivity index (χ2n) is 6.02. The van der Waals surface area contributed by atoms with Crippen molar-refractivity contribution in [3.8, 4) is 0 Å². The predicted octanol–water partition coefficient (Wildman–Crippen LogP) is 2.30. The van der Waals surface area contributed by atoms with Gasteiger partial charge in [-0.15, -0.1) is 0 Å². The molecular weight excluding hydrogens is 187 g/mol. The summed E-state index contributed by atoms with van der Waals surface area (Å²) in [7, 11) is 1.76. The molecule has 0 saturated carbocycles. The van der Waals surface area contributed by atoms with Crippen LogP contribution in [-0.4, -0.2) is 35.0 Å². The molecule has 0 fully saturated rings. The van der Waals surface area contributed by atoms with Crippen LogP contribution in [0.5, 0.6) is 0 Å². The zero-order chi connectivity index (χ0) is 11.9. The van der Waals surface area contributed by atoms with Crippen LogP contribution in [0.15, 0.2) is 12.4 Å². The van der Waals surface area contributed by atoms with Crippen LogP contribution in [0.2, 0.25) is 0 Å². The Morgan fingerprint density at radius 3 is 1.40 bits per heavy atom. The molecular formula is C11H23BN2O. The molecule has 0 atom stereocenters. The van der Waals surface area contributed by atoms with Crippen molar-refractivity contribution in [2.75, 3.05) is 7.11 Å². The fourth-order valence-electron chi connectivity index (χ4n) is 1.76. The lowest BCUT2D eigenvalue weighted by Crippen LogP contribution is -2.57. The molecule has 0 unspecified atom stereocenters. The first-order valence-electron chi connectivity index (χ1n) is 5.46. The molecule has 0 N–H and O–H groups in total. The van der Waals surface area contributed by atoms with E-state index in [1.807, 2.05) is 0 Å². The largest absolute Gasteiger partial charge is 0.548 e. The Hall–Kier alpha value is -0.635. The molecule has 0 bridgehead atoms. The molecule has 0 aliphatic carbocycles. The third kappa shape index (κ3) is 2.48. The van der Waals surface area contributed by atoms with Gasteiger partial charge in [0.15, 0.2) is 0 Å². The van der Waals surface area contributed by atoms with Crippen molar-refractivity contribution < 1.29 is 4.65 Å². The van der Waals surface area contributed by atoms with Crippen molar-refractivity contribution in [1.82, 2.24) is 9.62 Å². The van der Waals surface area contributed by atoms with Crippen molar-refractivity contribution in [2.45, 2.75) is 52.6 Å². The highest BCUT2D eigenvalue weighted by molar-refractivity contribution is 6.47. The van der Waals surface area contributed by atoms with E-state index >= 15 is 0 Å². The maximum atomic E-state index is 5.58. The minimum atomic E-state index is 0.00463. The van der Waals surface area contributed by atoms with E-state index in [1.54, 1.807) is 7.11 Å². The van der Waals surface area contributed by atoms with Crippen LogP contribution in [0.25, 0.3) is 0 Å². The minimum absolute atomic E-state index is 0.00463. The van der Waals surface area contributed by atoms with Crippen LogP contribution in [0.1, 0.15) is 41.5 Å². The van der Waals surface area contributed by atoms with Crippen LogP contribution in [0.4, 0.5) is 0 Å². The van der Waals surface area contributed by atoms with Crippen molar-refractivity contribution in [2.24, 2.45) is 0 Å². The number of hydrogen-bond acceptors (Lipinski definition) is 3. The molecule has 0 aromatic carbocycles. The average Bonchev–Trinajstić information content (AvgIpc) is 2.43. The number of nitrogens with zero attached hydrogens (tertiary/aromatic N) is 2. The van der Waals surface area contributed by atoms with Gasteiger partial charge in [-0.05, 0) is 41.5 Å². The monoisotopic (exact) mass is 210 g/mol. The fraction of sp³-hybridized carbons (Fsp3) is 0.818. The first-order valence-corrected chi connectivity index (χ1v) is 5.46.